The average Bonchev–Trinajstić information content (AvgIpc) is 3.52. The van der Waals surface area contributed by atoms with Crippen molar-refractivity contribution in [2.45, 2.75) is 229 Å². The van der Waals surface area contributed by atoms with Crippen molar-refractivity contribution in [2.24, 2.45) is 22.4 Å². The lowest BCUT2D eigenvalue weighted by Crippen LogP contribution is -2.71. The van der Waals surface area contributed by atoms with E-state index in [2.05, 4.69) is 36.2 Å². The summed E-state index contributed by atoms with van der Waals surface area (Å²) in [7, 11) is 0. The minimum Gasteiger partial charge on any atom is -0.465 e. The highest BCUT2D eigenvalue weighted by Crippen LogP contribution is 2.50. The van der Waals surface area contributed by atoms with Gasteiger partial charge in [0.05, 0.1) is 24.9 Å². The maximum Gasteiger partial charge on any atom is 0.316 e. The summed E-state index contributed by atoms with van der Waals surface area (Å²) in [6, 6.07) is 0.342. The second kappa shape index (κ2) is 24.9. The Bertz CT molecular complexity index is 1280. The molecule has 332 valence electrons. The van der Waals surface area contributed by atoms with Crippen molar-refractivity contribution in [1.29, 1.82) is 0 Å². The third kappa shape index (κ3) is 13.4. The van der Waals surface area contributed by atoms with Crippen LogP contribution >= 0.6 is 0 Å². The van der Waals surface area contributed by atoms with Gasteiger partial charge in [-0.25, -0.2) is 4.99 Å². The highest BCUT2D eigenvalue weighted by molar-refractivity contribution is 5.87. The van der Waals surface area contributed by atoms with Gasteiger partial charge in [-0.3, -0.25) is 9.59 Å². The van der Waals surface area contributed by atoms with Crippen molar-refractivity contribution >= 4 is 17.8 Å². The van der Waals surface area contributed by atoms with E-state index in [1.54, 1.807) is 0 Å². The van der Waals surface area contributed by atoms with Crippen LogP contribution in [0.1, 0.15) is 194 Å². The molecule has 5 aliphatic heterocycles. The zero-order valence-electron chi connectivity index (χ0n) is 36.9. The molecular weight excluding hydrogens is 729 g/mol. The second-order valence-corrected chi connectivity index (χ2v) is 18.3. The molecule has 5 heterocycles. The number of carbonyl (C=O) groups is 2. The van der Waals surface area contributed by atoms with Gasteiger partial charge in [-0.15, -0.1) is 0 Å². The van der Waals surface area contributed by atoms with Crippen LogP contribution in [0.2, 0.25) is 0 Å². The molecule has 58 heavy (non-hydrogen) atoms. The molecular formula is C47H84N6O5. The smallest absolute Gasteiger partial charge is 0.316 e. The Balaban J connectivity index is 0.972. The molecule has 11 nitrogen and oxygen atoms in total. The Morgan fingerprint density at radius 3 is 2.24 bits per heavy atom. The standard InChI is InChI=1S/C47H84N6O5/c1-3-24-40-26-22-31-47(58-40)43(41-29-28-38-37-46(50-45(51-47)53(38)41)30-18-17-25-39(4-2)57-46)44(55)56-36-21-15-13-11-9-7-5-6-8-10-12-14-16-27-42(54)52(35-23-33-49)34-20-19-32-48/h17,25,38-41,43H,3-16,18-24,26-37,48-49H2,1-2H3,(H,50,51)/t38-,39-,40+,41+,43+,46-,47+/m0/s1. The number of amides is 1. The number of hydrogen-bond donors (Lipinski definition) is 3. The van der Waals surface area contributed by atoms with Crippen molar-refractivity contribution < 1.29 is 23.8 Å². The van der Waals surface area contributed by atoms with Crippen LogP contribution < -0.4 is 16.8 Å². The zero-order chi connectivity index (χ0) is 41.1. The van der Waals surface area contributed by atoms with E-state index in [9.17, 15) is 9.59 Å². The minimum atomic E-state index is -0.878. The van der Waals surface area contributed by atoms with Crippen LogP contribution in [0.25, 0.3) is 0 Å². The Morgan fingerprint density at radius 2 is 1.55 bits per heavy atom. The van der Waals surface area contributed by atoms with Gasteiger partial charge < -0.3 is 40.8 Å². The van der Waals surface area contributed by atoms with Gasteiger partial charge in [-0.2, -0.15) is 0 Å². The van der Waals surface area contributed by atoms with Crippen LogP contribution in [0.4, 0.5) is 0 Å². The van der Waals surface area contributed by atoms with Crippen molar-refractivity contribution in [3.63, 3.8) is 0 Å². The van der Waals surface area contributed by atoms with Crippen LogP contribution in [-0.4, -0.2) is 96.2 Å². The van der Waals surface area contributed by atoms with E-state index in [4.69, 9.17) is 30.7 Å². The van der Waals surface area contributed by atoms with E-state index >= 15 is 0 Å². The number of nitrogens with zero attached hydrogens (tertiary/aromatic N) is 3. The maximum atomic E-state index is 14.2. The third-order valence-corrected chi connectivity index (χ3v) is 13.6. The van der Waals surface area contributed by atoms with E-state index in [0.717, 1.165) is 135 Å². The predicted octanol–water partition coefficient (Wildman–Crippen LogP) is 8.63. The van der Waals surface area contributed by atoms with Crippen molar-refractivity contribution in [1.82, 2.24) is 15.1 Å². The van der Waals surface area contributed by atoms with E-state index in [0.29, 0.717) is 32.2 Å². The molecule has 0 aliphatic carbocycles. The lowest BCUT2D eigenvalue weighted by molar-refractivity contribution is -0.197. The topological polar surface area (TPSA) is 145 Å². The Kier molecular flexibility index (Phi) is 20.1. The lowest BCUT2D eigenvalue weighted by atomic mass is 9.80. The Hall–Kier alpha value is -2.21. The normalized spacial score (nSPS) is 28.9. The molecule has 0 aromatic rings. The number of nitrogens with two attached hydrogens (primary N) is 2. The molecule has 0 unspecified atom stereocenters. The summed E-state index contributed by atoms with van der Waals surface area (Å²) in [6.07, 6.45) is 34.4. The molecule has 5 rings (SSSR count). The molecule has 0 radical (unpaired) electrons. The van der Waals surface area contributed by atoms with Crippen LogP contribution in [0, 0.1) is 5.92 Å². The number of esters is 1. The van der Waals surface area contributed by atoms with Gasteiger partial charge in [0.1, 0.15) is 11.6 Å². The molecule has 1 amide bonds. The minimum absolute atomic E-state index is 0.0385. The fraction of sp³-hybridized carbons (Fsp3) is 0.894. The summed E-state index contributed by atoms with van der Waals surface area (Å²) >= 11 is 0. The van der Waals surface area contributed by atoms with E-state index < -0.39 is 17.4 Å². The van der Waals surface area contributed by atoms with Gasteiger partial charge in [-0.05, 0) is 103 Å². The number of hydrogen-bond acceptors (Lipinski definition) is 10. The van der Waals surface area contributed by atoms with E-state index in [1.807, 2.05) is 4.90 Å². The summed E-state index contributed by atoms with van der Waals surface area (Å²) in [5, 5.41) is 3.84. The first-order valence-electron chi connectivity index (χ1n) is 24.4. The SMILES string of the molecule is CCC[C@@H]1CCC[C@@]2(N=C3N[C@]4(CCC=C[C@H](CC)O4)C[C@@H]4CC[C@H]([C@@H]2C(=O)OCCCCCCCCCCCCCCCC(=O)N(CCCN)CCCCN)N34)O1. The molecule has 7 atom stereocenters. The van der Waals surface area contributed by atoms with Crippen molar-refractivity contribution in [3.8, 4) is 0 Å². The van der Waals surface area contributed by atoms with Gasteiger partial charge in [0.15, 0.2) is 11.7 Å². The average molecular weight is 813 g/mol. The van der Waals surface area contributed by atoms with Crippen LogP contribution in [0.3, 0.4) is 0 Å². The fourth-order valence-electron chi connectivity index (χ4n) is 10.5. The van der Waals surface area contributed by atoms with Gasteiger partial charge in [0, 0.05) is 32.0 Å². The maximum absolute atomic E-state index is 14.2. The number of aliphatic imine (C=N–C) groups is 1. The number of unbranched alkanes of at least 4 members (excludes halogenated alkanes) is 13. The number of nitrogens with one attached hydrogen (secondary N) is 1. The van der Waals surface area contributed by atoms with Gasteiger partial charge in [-0.1, -0.05) is 103 Å². The molecule has 3 saturated heterocycles. The second-order valence-electron chi connectivity index (χ2n) is 18.3. The summed E-state index contributed by atoms with van der Waals surface area (Å²) in [6.45, 7) is 7.78. The van der Waals surface area contributed by atoms with Crippen LogP contribution in [0.5, 0.6) is 0 Å². The van der Waals surface area contributed by atoms with Crippen LogP contribution in [-0.2, 0) is 23.8 Å². The number of rotatable bonds is 27. The van der Waals surface area contributed by atoms with Crippen molar-refractivity contribution in [3.05, 3.63) is 12.2 Å². The first kappa shape index (κ1) is 46.8. The number of guanidine groups is 1. The molecule has 0 saturated carbocycles. The molecule has 0 aromatic carbocycles. The molecule has 5 aliphatic rings. The molecule has 0 aromatic heterocycles. The third-order valence-electron chi connectivity index (χ3n) is 13.6. The van der Waals surface area contributed by atoms with Crippen molar-refractivity contribution in [2.75, 3.05) is 32.8 Å². The van der Waals surface area contributed by atoms with Gasteiger partial charge in [0.25, 0.3) is 0 Å². The molecule has 3 fully saturated rings. The Morgan fingerprint density at radius 1 is 0.862 bits per heavy atom. The van der Waals surface area contributed by atoms with Crippen LogP contribution in [0.15, 0.2) is 17.1 Å². The first-order valence-corrected chi connectivity index (χ1v) is 24.4. The highest BCUT2D eigenvalue weighted by atomic mass is 16.6. The molecule has 2 spiro atoms. The number of ether oxygens (including phenoxy) is 3. The number of carbonyl (C=O) groups excluding carboxylic acids is 2. The summed E-state index contributed by atoms with van der Waals surface area (Å²) in [5.74, 6) is 0.652. The quantitative estimate of drug-likeness (QED) is 0.0422. The molecule has 5 N–H and O–H groups in total. The van der Waals surface area contributed by atoms with Gasteiger partial charge >= 0.3 is 5.97 Å². The zero-order valence-corrected chi connectivity index (χ0v) is 36.9. The van der Waals surface area contributed by atoms with E-state index in [-0.39, 0.29) is 30.1 Å². The van der Waals surface area contributed by atoms with E-state index in [1.165, 1.54) is 57.8 Å². The number of allylic oxidation sites excluding steroid dienone is 1. The largest absolute Gasteiger partial charge is 0.465 e. The highest BCUT2D eigenvalue weighted by Gasteiger charge is 2.62. The molecule has 11 heteroatoms. The summed E-state index contributed by atoms with van der Waals surface area (Å²) in [5.41, 5.74) is 10.00. The first-order chi connectivity index (χ1) is 28.4. The molecule has 0 bridgehead atoms. The summed E-state index contributed by atoms with van der Waals surface area (Å²) < 4.78 is 19.9. The fourth-order valence-corrected chi connectivity index (χ4v) is 10.5. The Labute approximate surface area is 352 Å². The monoisotopic (exact) mass is 813 g/mol. The predicted molar refractivity (Wildman–Crippen MR) is 234 cm³/mol. The lowest BCUT2D eigenvalue weighted by Gasteiger charge is -2.55. The summed E-state index contributed by atoms with van der Waals surface area (Å²) in [4.78, 5) is 36.8. The van der Waals surface area contributed by atoms with Gasteiger partial charge in [0.2, 0.25) is 5.91 Å².